The Morgan fingerprint density at radius 3 is 2.33 bits per heavy atom. The lowest BCUT2D eigenvalue weighted by atomic mass is 9.94. The summed E-state index contributed by atoms with van der Waals surface area (Å²) in [6.45, 7) is -3.33. The Kier molecular flexibility index (Phi) is 6.63. The van der Waals surface area contributed by atoms with Gasteiger partial charge in [0.25, 0.3) is 0 Å². The first-order valence-corrected chi connectivity index (χ1v) is 9.74. The minimum Gasteiger partial charge on any atom is -0.435 e. The number of halogens is 2. The highest BCUT2D eigenvalue weighted by atomic mass is 19.3. The van der Waals surface area contributed by atoms with Crippen LogP contribution in [-0.2, 0) is 20.9 Å². The molecule has 1 aromatic rings. The van der Waals surface area contributed by atoms with E-state index in [0.717, 1.165) is 24.2 Å². The van der Waals surface area contributed by atoms with Crippen LogP contribution in [0.15, 0.2) is 24.3 Å². The van der Waals surface area contributed by atoms with Gasteiger partial charge >= 0.3 is 24.5 Å². The largest absolute Gasteiger partial charge is 0.435 e. The zero-order valence-electron chi connectivity index (χ0n) is 16.6. The van der Waals surface area contributed by atoms with Crippen molar-refractivity contribution in [2.24, 2.45) is 0 Å². The molecular formula is C20H23F2N3O5. The Morgan fingerprint density at radius 1 is 1.10 bits per heavy atom. The monoisotopic (exact) mass is 423 g/mol. The number of amides is 5. The van der Waals surface area contributed by atoms with Gasteiger partial charge in [-0.25, -0.2) is 9.69 Å². The van der Waals surface area contributed by atoms with Crippen molar-refractivity contribution in [3.8, 4) is 5.75 Å². The standard InChI is InChI=1S/C20H23F2N3O5/c1-23(11-13-7-9-15(10-8-13)30-19(21)22)16(26)12-24-17(27)18(28)25(20(24)29)14-5-3-2-4-6-14/h7-10,14,19H,2-6,11-12H2,1H3. The Morgan fingerprint density at radius 2 is 1.73 bits per heavy atom. The first-order chi connectivity index (χ1) is 14.3. The number of rotatable bonds is 7. The van der Waals surface area contributed by atoms with Gasteiger partial charge in [0.15, 0.2) is 0 Å². The van der Waals surface area contributed by atoms with Crippen LogP contribution in [-0.4, -0.2) is 64.7 Å². The molecule has 10 heteroatoms. The van der Waals surface area contributed by atoms with Crippen molar-refractivity contribution in [1.82, 2.24) is 14.7 Å². The van der Waals surface area contributed by atoms with Crippen molar-refractivity contribution >= 4 is 23.8 Å². The van der Waals surface area contributed by atoms with E-state index in [1.807, 2.05) is 0 Å². The summed E-state index contributed by atoms with van der Waals surface area (Å²) in [6, 6.07) is 4.73. The van der Waals surface area contributed by atoms with E-state index >= 15 is 0 Å². The van der Waals surface area contributed by atoms with Crippen molar-refractivity contribution in [3.05, 3.63) is 29.8 Å². The van der Waals surface area contributed by atoms with Crippen LogP contribution in [0.4, 0.5) is 13.6 Å². The summed E-state index contributed by atoms with van der Waals surface area (Å²) in [5.41, 5.74) is 0.645. The summed E-state index contributed by atoms with van der Waals surface area (Å²) in [5.74, 6) is -2.39. The van der Waals surface area contributed by atoms with Gasteiger partial charge in [0.2, 0.25) is 5.91 Å². The molecule has 0 unspecified atom stereocenters. The van der Waals surface area contributed by atoms with Crippen LogP contribution in [0.3, 0.4) is 0 Å². The van der Waals surface area contributed by atoms with Gasteiger partial charge in [-0.2, -0.15) is 8.78 Å². The number of carbonyl (C=O) groups excluding carboxylic acids is 4. The van der Waals surface area contributed by atoms with Gasteiger partial charge in [-0.05, 0) is 30.5 Å². The number of urea groups is 1. The molecule has 1 aliphatic carbocycles. The zero-order chi connectivity index (χ0) is 21.8. The molecule has 3 rings (SSSR count). The predicted octanol–water partition coefficient (Wildman–Crippen LogP) is 2.37. The van der Waals surface area contributed by atoms with Gasteiger partial charge in [-0.1, -0.05) is 31.4 Å². The summed E-state index contributed by atoms with van der Waals surface area (Å²) in [5, 5.41) is 0. The van der Waals surface area contributed by atoms with Crippen molar-refractivity contribution in [1.29, 1.82) is 0 Å². The van der Waals surface area contributed by atoms with Crippen molar-refractivity contribution in [2.45, 2.75) is 51.3 Å². The quantitative estimate of drug-likeness (QED) is 0.496. The summed E-state index contributed by atoms with van der Waals surface area (Å²) in [7, 11) is 1.48. The molecule has 2 fully saturated rings. The Labute approximate surface area is 172 Å². The minimum atomic E-state index is -2.92. The molecule has 0 N–H and O–H groups in total. The van der Waals surface area contributed by atoms with Crippen LogP contribution in [0.2, 0.25) is 0 Å². The van der Waals surface area contributed by atoms with Crippen LogP contribution in [0.1, 0.15) is 37.7 Å². The van der Waals surface area contributed by atoms with Crippen LogP contribution in [0.25, 0.3) is 0 Å². The number of ether oxygens (including phenoxy) is 1. The van der Waals surface area contributed by atoms with Crippen LogP contribution >= 0.6 is 0 Å². The summed E-state index contributed by atoms with van der Waals surface area (Å²) in [4.78, 5) is 52.7. The topological polar surface area (TPSA) is 87.2 Å². The van der Waals surface area contributed by atoms with Crippen molar-refractivity contribution in [3.63, 3.8) is 0 Å². The maximum atomic E-state index is 12.6. The SMILES string of the molecule is CN(Cc1ccc(OC(F)F)cc1)C(=O)CN1C(=O)C(=O)N(C2CCCCC2)C1=O. The molecule has 0 bridgehead atoms. The average molecular weight is 423 g/mol. The first-order valence-electron chi connectivity index (χ1n) is 9.74. The van der Waals surface area contributed by atoms with E-state index in [-0.39, 0.29) is 18.3 Å². The molecule has 2 aliphatic rings. The van der Waals surface area contributed by atoms with Crippen LogP contribution in [0, 0.1) is 0 Å². The molecule has 30 heavy (non-hydrogen) atoms. The fraction of sp³-hybridized carbons (Fsp3) is 0.500. The second kappa shape index (κ2) is 9.19. The minimum absolute atomic E-state index is 0.00249. The average Bonchev–Trinajstić information content (AvgIpc) is 2.93. The second-order valence-corrected chi connectivity index (χ2v) is 7.41. The highest BCUT2D eigenvalue weighted by Gasteiger charge is 2.48. The molecule has 162 valence electrons. The van der Waals surface area contributed by atoms with Crippen LogP contribution < -0.4 is 4.74 Å². The van der Waals surface area contributed by atoms with E-state index in [9.17, 15) is 28.0 Å². The van der Waals surface area contributed by atoms with E-state index in [0.29, 0.717) is 23.3 Å². The Hall–Kier alpha value is -3.04. The number of alkyl halides is 2. The van der Waals surface area contributed by atoms with E-state index in [2.05, 4.69) is 4.74 Å². The molecule has 0 atom stereocenters. The van der Waals surface area contributed by atoms with Crippen molar-refractivity contribution in [2.75, 3.05) is 13.6 Å². The first kappa shape index (κ1) is 21.7. The third-order valence-corrected chi connectivity index (χ3v) is 5.31. The summed E-state index contributed by atoms with van der Waals surface area (Å²) in [6.07, 6.45) is 4.13. The number of likely N-dealkylation sites (N-methyl/N-ethyl adjacent to an activating group) is 1. The molecule has 1 heterocycles. The highest BCUT2D eigenvalue weighted by Crippen LogP contribution is 2.27. The van der Waals surface area contributed by atoms with E-state index in [1.54, 1.807) is 0 Å². The van der Waals surface area contributed by atoms with Gasteiger partial charge in [-0.15, -0.1) is 0 Å². The lowest BCUT2D eigenvalue weighted by Gasteiger charge is -2.28. The fourth-order valence-corrected chi connectivity index (χ4v) is 3.72. The molecule has 8 nitrogen and oxygen atoms in total. The van der Waals surface area contributed by atoms with Crippen LogP contribution in [0.5, 0.6) is 5.75 Å². The highest BCUT2D eigenvalue weighted by molar-refractivity contribution is 6.45. The molecule has 1 aromatic carbocycles. The Bertz CT molecular complexity index is 824. The van der Waals surface area contributed by atoms with E-state index in [4.69, 9.17) is 0 Å². The third kappa shape index (κ3) is 4.74. The lowest BCUT2D eigenvalue weighted by Crippen LogP contribution is -2.44. The number of benzene rings is 1. The number of imide groups is 2. The number of carbonyl (C=O) groups is 4. The maximum absolute atomic E-state index is 12.6. The lowest BCUT2D eigenvalue weighted by molar-refractivity contribution is -0.145. The molecule has 5 amide bonds. The van der Waals surface area contributed by atoms with E-state index < -0.39 is 36.9 Å². The second-order valence-electron chi connectivity index (χ2n) is 7.41. The zero-order valence-corrected chi connectivity index (χ0v) is 16.6. The van der Waals surface area contributed by atoms with Crippen molar-refractivity contribution < 1.29 is 32.7 Å². The maximum Gasteiger partial charge on any atom is 0.387 e. The predicted molar refractivity (Wildman–Crippen MR) is 100 cm³/mol. The number of hydrogen-bond acceptors (Lipinski definition) is 5. The van der Waals surface area contributed by atoms with Gasteiger partial charge in [0, 0.05) is 19.6 Å². The van der Waals surface area contributed by atoms with Gasteiger partial charge in [0.1, 0.15) is 12.3 Å². The van der Waals surface area contributed by atoms with Gasteiger partial charge in [-0.3, -0.25) is 19.3 Å². The molecule has 0 radical (unpaired) electrons. The summed E-state index contributed by atoms with van der Waals surface area (Å²) >= 11 is 0. The molecule has 0 spiro atoms. The molecule has 1 saturated heterocycles. The molecular weight excluding hydrogens is 400 g/mol. The van der Waals surface area contributed by atoms with E-state index in [1.165, 1.54) is 36.2 Å². The molecule has 1 aliphatic heterocycles. The fourth-order valence-electron chi connectivity index (χ4n) is 3.72. The third-order valence-electron chi connectivity index (χ3n) is 5.31. The van der Waals surface area contributed by atoms with Gasteiger partial charge in [0.05, 0.1) is 0 Å². The Balaban J connectivity index is 1.59. The summed E-state index contributed by atoms with van der Waals surface area (Å²) < 4.78 is 28.7. The number of hydrogen-bond donors (Lipinski definition) is 0. The normalized spacial score (nSPS) is 17.8. The molecule has 0 aromatic heterocycles. The molecule has 1 saturated carbocycles. The number of nitrogens with zero attached hydrogens (tertiary/aromatic N) is 3. The smallest absolute Gasteiger partial charge is 0.387 e. The van der Waals surface area contributed by atoms with Gasteiger partial charge < -0.3 is 9.64 Å².